The number of rotatable bonds is 4. The topological polar surface area (TPSA) is 23.6 Å². The van der Waals surface area contributed by atoms with E-state index in [9.17, 15) is 4.79 Å². The molecule has 0 aromatic carbocycles. The lowest BCUT2D eigenvalue weighted by Crippen LogP contribution is -2.20. The molecule has 0 aliphatic heterocycles. The molecule has 14 heavy (non-hydrogen) atoms. The van der Waals surface area contributed by atoms with Crippen LogP contribution in [-0.2, 0) is 4.79 Å². The highest BCUT2D eigenvalue weighted by Gasteiger charge is 1.96. The first-order valence-electron chi connectivity index (χ1n) is 5.14. The fourth-order valence-corrected chi connectivity index (χ4v) is 0.612. The first-order valence-corrected chi connectivity index (χ1v) is 5.14. The van der Waals surface area contributed by atoms with E-state index in [-0.39, 0.29) is 5.91 Å². The minimum absolute atomic E-state index is 0.0412. The standard InChI is InChI=1S/C9H18N2O.C2H6/c1-5-11(4)8-6-7-9(12)10(2)3;1-2/h6-7H,5,8H2,1-4H3;1-2H3/b7-6+;. The molecule has 1 amide bonds. The molecular weight excluding hydrogens is 176 g/mol. The molecule has 0 saturated heterocycles. The molecule has 0 fully saturated rings. The predicted molar refractivity (Wildman–Crippen MR) is 62.4 cm³/mol. The summed E-state index contributed by atoms with van der Waals surface area (Å²) in [4.78, 5) is 14.7. The summed E-state index contributed by atoms with van der Waals surface area (Å²) in [6, 6.07) is 0. The summed E-state index contributed by atoms with van der Waals surface area (Å²) in [5, 5.41) is 0. The van der Waals surface area contributed by atoms with Gasteiger partial charge in [-0.1, -0.05) is 26.8 Å². The van der Waals surface area contributed by atoms with Gasteiger partial charge in [-0.2, -0.15) is 0 Å². The Bertz CT molecular complexity index is 165. The van der Waals surface area contributed by atoms with Gasteiger partial charge >= 0.3 is 0 Å². The minimum atomic E-state index is 0.0412. The summed E-state index contributed by atoms with van der Waals surface area (Å²) in [6.07, 6.45) is 3.48. The number of hydrogen-bond donors (Lipinski definition) is 0. The lowest BCUT2D eigenvalue weighted by atomic mass is 10.4. The third-order valence-corrected chi connectivity index (χ3v) is 1.66. The molecule has 0 radical (unpaired) electrons. The van der Waals surface area contributed by atoms with Crippen molar-refractivity contribution in [2.75, 3.05) is 34.2 Å². The Balaban J connectivity index is 0. The van der Waals surface area contributed by atoms with Crippen LogP contribution in [0.15, 0.2) is 12.2 Å². The average molecular weight is 200 g/mol. The number of nitrogens with zero attached hydrogens (tertiary/aromatic N) is 2. The van der Waals surface area contributed by atoms with Crippen LogP contribution >= 0.6 is 0 Å². The summed E-state index contributed by atoms with van der Waals surface area (Å²) >= 11 is 0. The number of likely N-dealkylation sites (N-methyl/N-ethyl adjacent to an activating group) is 2. The van der Waals surface area contributed by atoms with Gasteiger partial charge in [-0.25, -0.2) is 0 Å². The number of hydrogen-bond acceptors (Lipinski definition) is 2. The van der Waals surface area contributed by atoms with Crippen LogP contribution < -0.4 is 0 Å². The summed E-state index contributed by atoms with van der Waals surface area (Å²) < 4.78 is 0. The highest BCUT2D eigenvalue weighted by Crippen LogP contribution is 1.85. The average Bonchev–Trinajstić information content (AvgIpc) is 2.20. The number of amides is 1. The van der Waals surface area contributed by atoms with E-state index in [1.165, 1.54) is 0 Å². The Hall–Kier alpha value is -0.830. The first kappa shape index (κ1) is 15.6. The Morgan fingerprint density at radius 1 is 1.21 bits per heavy atom. The molecule has 0 unspecified atom stereocenters. The molecule has 0 spiro atoms. The molecule has 0 bridgehead atoms. The van der Waals surface area contributed by atoms with Gasteiger partial charge in [-0.15, -0.1) is 0 Å². The van der Waals surface area contributed by atoms with E-state index in [0.29, 0.717) is 0 Å². The quantitative estimate of drug-likeness (QED) is 0.644. The van der Waals surface area contributed by atoms with E-state index in [2.05, 4.69) is 11.8 Å². The normalized spacial score (nSPS) is 9.93. The molecular formula is C11H24N2O. The van der Waals surface area contributed by atoms with Crippen LogP contribution in [0.5, 0.6) is 0 Å². The van der Waals surface area contributed by atoms with Gasteiger partial charge in [-0.05, 0) is 13.6 Å². The third-order valence-electron chi connectivity index (χ3n) is 1.66. The maximum absolute atomic E-state index is 11.0. The Morgan fingerprint density at radius 2 is 1.71 bits per heavy atom. The van der Waals surface area contributed by atoms with E-state index in [0.717, 1.165) is 13.1 Å². The van der Waals surface area contributed by atoms with Gasteiger partial charge in [0.15, 0.2) is 0 Å². The molecule has 0 aliphatic rings. The molecule has 3 heteroatoms. The van der Waals surface area contributed by atoms with Gasteiger partial charge in [0.1, 0.15) is 0 Å². The second-order valence-corrected chi connectivity index (χ2v) is 2.99. The van der Waals surface area contributed by atoms with Crippen molar-refractivity contribution in [2.45, 2.75) is 20.8 Å². The van der Waals surface area contributed by atoms with E-state index < -0.39 is 0 Å². The zero-order valence-electron chi connectivity index (χ0n) is 10.4. The maximum atomic E-state index is 11.0. The lowest BCUT2D eigenvalue weighted by Gasteiger charge is -2.10. The second-order valence-electron chi connectivity index (χ2n) is 2.99. The van der Waals surface area contributed by atoms with Crippen LogP contribution in [0.2, 0.25) is 0 Å². The van der Waals surface area contributed by atoms with Gasteiger partial charge in [-0.3, -0.25) is 4.79 Å². The van der Waals surface area contributed by atoms with Crippen LogP contribution in [0.3, 0.4) is 0 Å². The van der Waals surface area contributed by atoms with Crippen molar-refractivity contribution < 1.29 is 4.79 Å². The second kappa shape index (κ2) is 10.3. The van der Waals surface area contributed by atoms with Crippen LogP contribution in [0.1, 0.15) is 20.8 Å². The van der Waals surface area contributed by atoms with Gasteiger partial charge < -0.3 is 9.80 Å². The van der Waals surface area contributed by atoms with Crippen molar-refractivity contribution >= 4 is 5.91 Å². The molecule has 0 aliphatic carbocycles. The van der Waals surface area contributed by atoms with Gasteiger partial charge in [0.25, 0.3) is 0 Å². The van der Waals surface area contributed by atoms with Crippen molar-refractivity contribution in [1.29, 1.82) is 0 Å². The Kier molecular flexibility index (Phi) is 11.4. The summed E-state index contributed by atoms with van der Waals surface area (Å²) in [7, 11) is 5.51. The third kappa shape index (κ3) is 9.26. The Morgan fingerprint density at radius 3 is 2.07 bits per heavy atom. The van der Waals surface area contributed by atoms with Crippen LogP contribution in [0.25, 0.3) is 0 Å². The van der Waals surface area contributed by atoms with E-state index in [4.69, 9.17) is 0 Å². The molecule has 0 atom stereocenters. The van der Waals surface area contributed by atoms with Crippen molar-refractivity contribution in [3.05, 3.63) is 12.2 Å². The van der Waals surface area contributed by atoms with Crippen LogP contribution in [0, 0.1) is 0 Å². The molecule has 84 valence electrons. The zero-order chi connectivity index (χ0) is 11.6. The Labute approximate surface area is 88.4 Å². The van der Waals surface area contributed by atoms with Gasteiger partial charge in [0.05, 0.1) is 0 Å². The molecule has 0 rings (SSSR count). The zero-order valence-corrected chi connectivity index (χ0v) is 10.4. The minimum Gasteiger partial charge on any atom is -0.345 e. The van der Waals surface area contributed by atoms with Crippen molar-refractivity contribution in [1.82, 2.24) is 9.80 Å². The van der Waals surface area contributed by atoms with Gasteiger partial charge in [0, 0.05) is 26.7 Å². The molecule has 0 heterocycles. The highest BCUT2D eigenvalue weighted by atomic mass is 16.2. The SMILES string of the molecule is CC.CCN(C)C/C=C/C(=O)N(C)C. The van der Waals surface area contributed by atoms with E-state index >= 15 is 0 Å². The van der Waals surface area contributed by atoms with Gasteiger partial charge in [0.2, 0.25) is 5.91 Å². The smallest absolute Gasteiger partial charge is 0.245 e. The molecule has 0 aromatic rings. The van der Waals surface area contributed by atoms with E-state index in [1.807, 2.05) is 27.0 Å². The van der Waals surface area contributed by atoms with Crippen molar-refractivity contribution in [3.8, 4) is 0 Å². The monoisotopic (exact) mass is 200 g/mol. The van der Waals surface area contributed by atoms with Crippen molar-refractivity contribution in [3.63, 3.8) is 0 Å². The van der Waals surface area contributed by atoms with Crippen LogP contribution in [-0.4, -0.2) is 49.9 Å². The fraction of sp³-hybridized carbons (Fsp3) is 0.727. The van der Waals surface area contributed by atoms with Crippen molar-refractivity contribution in [2.24, 2.45) is 0 Å². The molecule has 0 N–H and O–H groups in total. The predicted octanol–water partition coefficient (Wildman–Crippen LogP) is 1.61. The largest absolute Gasteiger partial charge is 0.345 e. The summed E-state index contributed by atoms with van der Waals surface area (Å²) in [5.74, 6) is 0.0412. The van der Waals surface area contributed by atoms with E-state index in [1.54, 1.807) is 25.1 Å². The van der Waals surface area contributed by atoms with Crippen LogP contribution in [0.4, 0.5) is 0 Å². The number of carbonyl (C=O) groups excluding carboxylic acids is 1. The lowest BCUT2D eigenvalue weighted by molar-refractivity contribution is -0.123. The molecule has 3 nitrogen and oxygen atoms in total. The number of carbonyl (C=O) groups is 1. The maximum Gasteiger partial charge on any atom is 0.245 e. The highest BCUT2D eigenvalue weighted by molar-refractivity contribution is 5.87. The molecule has 0 aromatic heterocycles. The summed E-state index contributed by atoms with van der Waals surface area (Å²) in [5.41, 5.74) is 0. The first-order chi connectivity index (χ1) is 6.57. The fourth-order valence-electron chi connectivity index (χ4n) is 0.612. The molecule has 0 saturated carbocycles. The summed E-state index contributed by atoms with van der Waals surface area (Å²) in [6.45, 7) is 7.91.